The van der Waals surface area contributed by atoms with E-state index in [2.05, 4.69) is 39.8 Å². The number of hydrogen-bond donors (Lipinski definition) is 0. The second kappa shape index (κ2) is 12.2. The highest BCUT2D eigenvalue weighted by Crippen LogP contribution is 2.30. The van der Waals surface area contributed by atoms with Crippen molar-refractivity contribution < 1.29 is 9.53 Å². The fourth-order valence-electron chi connectivity index (χ4n) is 3.46. The van der Waals surface area contributed by atoms with Crippen LogP contribution in [0.25, 0.3) is 6.08 Å². The van der Waals surface area contributed by atoms with E-state index in [1.807, 2.05) is 53.4 Å². The lowest BCUT2D eigenvalue weighted by Gasteiger charge is -2.26. The summed E-state index contributed by atoms with van der Waals surface area (Å²) in [7, 11) is 4.11. The third-order valence-corrected chi connectivity index (χ3v) is 4.97. The number of anilines is 1. The summed E-state index contributed by atoms with van der Waals surface area (Å²) in [4.78, 5) is 17.2. The van der Waals surface area contributed by atoms with Gasteiger partial charge in [0.25, 0.3) is 5.91 Å². The van der Waals surface area contributed by atoms with Crippen molar-refractivity contribution in [2.75, 3.05) is 38.7 Å². The predicted molar refractivity (Wildman–Crippen MR) is 127 cm³/mol. The van der Waals surface area contributed by atoms with E-state index in [-0.39, 0.29) is 5.91 Å². The Hall–Kier alpha value is -2.59. The van der Waals surface area contributed by atoms with E-state index in [9.17, 15) is 4.79 Å². The SMILES string of the molecule is CCCCOc1cc(C)c(N(CCCN(C)C)C(=O)C=Cc2ccccc2)c(C)c1. The van der Waals surface area contributed by atoms with Gasteiger partial charge in [0.1, 0.15) is 5.75 Å². The van der Waals surface area contributed by atoms with Crippen molar-refractivity contribution >= 4 is 17.7 Å². The first-order valence-corrected chi connectivity index (χ1v) is 10.9. The van der Waals surface area contributed by atoms with Crippen LogP contribution in [0.4, 0.5) is 5.69 Å². The van der Waals surface area contributed by atoms with Crippen molar-refractivity contribution in [3.8, 4) is 5.75 Å². The van der Waals surface area contributed by atoms with Gasteiger partial charge in [-0.3, -0.25) is 4.79 Å². The van der Waals surface area contributed by atoms with Crippen LogP contribution < -0.4 is 9.64 Å². The Bertz CT molecular complexity index is 805. The Kier molecular flexibility index (Phi) is 9.62. The molecule has 0 heterocycles. The molecule has 0 aliphatic rings. The number of carbonyl (C=O) groups excluding carboxylic acids is 1. The normalized spacial score (nSPS) is 11.3. The standard InChI is InChI=1S/C26H36N2O2/c1-6-7-18-30-24-19-21(2)26(22(3)20-24)28(17-11-16-27(4)5)25(29)15-14-23-12-9-8-10-13-23/h8-10,12-15,19-20H,6-7,11,16-18H2,1-5H3. The van der Waals surface area contributed by atoms with E-state index < -0.39 is 0 Å². The van der Waals surface area contributed by atoms with E-state index >= 15 is 0 Å². The smallest absolute Gasteiger partial charge is 0.251 e. The number of unbranched alkanes of at least 4 members (excludes halogenated alkanes) is 1. The third-order valence-electron chi connectivity index (χ3n) is 4.97. The van der Waals surface area contributed by atoms with Gasteiger partial charge in [-0.25, -0.2) is 0 Å². The lowest BCUT2D eigenvalue weighted by Crippen LogP contribution is -2.33. The zero-order chi connectivity index (χ0) is 21.9. The van der Waals surface area contributed by atoms with Crippen LogP contribution in [-0.2, 0) is 4.79 Å². The second-order valence-electron chi connectivity index (χ2n) is 8.00. The van der Waals surface area contributed by atoms with Crippen molar-refractivity contribution in [1.29, 1.82) is 0 Å². The van der Waals surface area contributed by atoms with Gasteiger partial charge in [-0.15, -0.1) is 0 Å². The lowest BCUT2D eigenvalue weighted by atomic mass is 10.1. The molecule has 0 unspecified atom stereocenters. The molecule has 0 spiro atoms. The molecule has 0 aliphatic heterocycles. The molecule has 0 bridgehead atoms. The summed E-state index contributed by atoms with van der Waals surface area (Å²) in [5, 5.41) is 0. The average Bonchev–Trinajstić information content (AvgIpc) is 2.71. The minimum atomic E-state index is 0.00320. The molecule has 0 radical (unpaired) electrons. The summed E-state index contributed by atoms with van der Waals surface area (Å²) in [6.07, 6.45) is 6.62. The third kappa shape index (κ3) is 7.34. The van der Waals surface area contributed by atoms with Crippen molar-refractivity contribution in [3.63, 3.8) is 0 Å². The lowest BCUT2D eigenvalue weighted by molar-refractivity contribution is -0.114. The number of aryl methyl sites for hydroxylation is 2. The van der Waals surface area contributed by atoms with Crippen LogP contribution in [0, 0.1) is 13.8 Å². The number of ether oxygens (including phenoxy) is 1. The highest BCUT2D eigenvalue weighted by molar-refractivity contribution is 6.04. The average molecular weight is 409 g/mol. The molecule has 2 aromatic carbocycles. The fourth-order valence-corrected chi connectivity index (χ4v) is 3.46. The van der Waals surface area contributed by atoms with Gasteiger partial charge < -0.3 is 14.5 Å². The number of hydrogen-bond acceptors (Lipinski definition) is 3. The maximum absolute atomic E-state index is 13.2. The second-order valence-corrected chi connectivity index (χ2v) is 8.00. The maximum atomic E-state index is 13.2. The predicted octanol–water partition coefficient (Wildman–Crippen LogP) is 5.48. The Morgan fingerprint density at radius 1 is 1.00 bits per heavy atom. The van der Waals surface area contributed by atoms with Crippen molar-refractivity contribution in [2.24, 2.45) is 0 Å². The number of amides is 1. The Balaban J connectivity index is 2.27. The van der Waals surface area contributed by atoms with Crippen LogP contribution in [-0.4, -0.2) is 44.6 Å². The van der Waals surface area contributed by atoms with E-state index in [0.29, 0.717) is 6.54 Å². The first-order valence-electron chi connectivity index (χ1n) is 10.9. The minimum Gasteiger partial charge on any atom is -0.494 e. The summed E-state index contributed by atoms with van der Waals surface area (Å²) >= 11 is 0. The summed E-state index contributed by atoms with van der Waals surface area (Å²) in [5.41, 5.74) is 4.13. The van der Waals surface area contributed by atoms with Crippen LogP contribution >= 0.6 is 0 Å². The molecule has 162 valence electrons. The van der Waals surface area contributed by atoms with Gasteiger partial charge >= 0.3 is 0 Å². The quantitative estimate of drug-likeness (QED) is 0.364. The summed E-state index contributed by atoms with van der Waals surface area (Å²) in [6.45, 7) is 8.60. The number of carbonyl (C=O) groups is 1. The van der Waals surface area contributed by atoms with Crippen LogP contribution in [0.3, 0.4) is 0 Å². The molecular weight excluding hydrogens is 372 g/mol. The molecule has 0 fully saturated rings. The van der Waals surface area contributed by atoms with E-state index in [4.69, 9.17) is 4.74 Å². The molecular formula is C26H36N2O2. The summed E-state index contributed by atoms with van der Waals surface area (Å²) in [5.74, 6) is 0.881. The molecule has 0 N–H and O–H groups in total. The first kappa shape index (κ1) is 23.7. The van der Waals surface area contributed by atoms with Gasteiger partial charge in [0.05, 0.1) is 12.3 Å². The highest BCUT2D eigenvalue weighted by Gasteiger charge is 2.18. The topological polar surface area (TPSA) is 32.8 Å². The van der Waals surface area contributed by atoms with Crippen LogP contribution in [0.5, 0.6) is 5.75 Å². The first-order chi connectivity index (χ1) is 14.4. The number of rotatable bonds is 11. The highest BCUT2D eigenvalue weighted by atomic mass is 16.5. The minimum absolute atomic E-state index is 0.00320. The fraction of sp³-hybridized carbons (Fsp3) is 0.423. The van der Waals surface area contributed by atoms with E-state index in [1.54, 1.807) is 6.08 Å². The number of benzene rings is 2. The Morgan fingerprint density at radius 2 is 1.67 bits per heavy atom. The van der Waals surface area contributed by atoms with Gasteiger partial charge in [-0.1, -0.05) is 43.7 Å². The molecule has 2 aromatic rings. The summed E-state index contributed by atoms with van der Waals surface area (Å²) in [6, 6.07) is 14.0. The monoisotopic (exact) mass is 408 g/mol. The van der Waals surface area contributed by atoms with E-state index in [1.165, 1.54) is 0 Å². The van der Waals surface area contributed by atoms with Crippen LogP contribution in [0.15, 0.2) is 48.5 Å². The molecule has 0 saturated heterocycles. The summed E-state index contributed by atoms with van der Waals surface area (Å²) < 4.78 is 5.90. The van der Waals surface area contributed by atoms with Gasteiger partial charge in [0.2, 0.25) is 0 Å². The molecule has 1 amide bonds. The Morgan fingerprint density at radius 3 is 2.27 bits per heavy atom. The van der Waals surface area contributed by atoms with Crippen molar-refractivity contribution in [3.05, 3.63) is 65.2 Å². The molecule has 4 nitrogen and oxygen atoms in total. The molecule has 0 aromatic heterocycles. The maximum Gasteiger partial charge on any atom is 0.251 e. The van der Waals surface area contributed by atoms with E-state index in [0.717, 1.165) is 60.5 Å². The number of nitrogens with zero attached hydrogens (tertiary/aromatic N) is 2. The van der Waals surface area contributed by atoms with Crippen LogP contribution in [0.1, 0.15) is 42.9 Å². The Labute approximate surface area is 182 Å². The molecule has 0 saturated carbocycles. The molecule has 4 heteroatoms. The zero-order valence-corrected chi connectivity index (χ0v) is 19.1. The van der Waals surface area contributed by atoms with Crippen molar-refractivity contribution in [1.82, 2.24) is 4.90 Å². The molecule has 0 aliphatic carbocycles. The van der Waals surface area contributed by atoms with Gasteiger partial charge in [-0.2, -0.15) is 0 Å². The largest absolute Gasteiger partial charge is 0.494 e. The van der Waals surface area contributed by atoms with Crippen LogP contribution in [0.2, 0.25) is 0 Å². The van der Waals surface area contributed by atoms with Gasteiger partial charge in [-0.05, 0) is 82.2 Å². The van der Waals surface area contributed by atoms with Gasteiger partial charge in [0, 0.05) is 12.6 Å². The zero-order valence-electron chi connectivity index (χ0n) is 19.1. The molecule has 0 atom stereocenters. The van der Waals surface area contributed by atoms with Gasteiger partial charge in [0.15, 0.2) is 0 Å². The molecule has 30 heavy (non-hydrogen) atoms. The molecule has 2 rings (SSSR count). The van der Waals surface area contributed by atoms with Crippen molar-refractivity contribution in [2.45, 2.75) is 40.0 Å².